The lowest BCUT2D eigenvalue weighted by Crippen LogP contribution is -2.36. The number of allylic oxidation sites excluding steroid dienone is 3. The third-order valence-electron chi connectivity index (χ3n) is 5.23. The summed E-state index contributed by atoms with van der Waals surface area (Å²) in [5.41, 5.74) is 3.82. The molecule has 0 radical (unpaired) electrons. The molecule has 0 spiro atoms. The van der Waals surface area contributed by atoms with Gasteiger partial charge in [0.05, 0.1) is 33.0 Å². The fraction of sp³-hybridized carbons (Fsp3) is 0.391. The summed E-state index contributed by atoms with van der Waals surface area (Å²) in [6.45, 7) is 4.14. The zero-order valence-corrected chi connectivity index (χ0v) is 17.6. The van der Waals surface area contributed by atoms with Gasteiger partial charge in [0.25, 0.3) is 5.91 Å². The molecule has 2 aliphatic heterocycles. The second-order valence-electron chi connectivity index (χ2n) is 7.17. The molecular weight excluding hydrogens is 366 g/mol. The molecule has 29 heavy (non-hydrogen) atoms. The first kappa shape index (κ1) is 20.9. The Morgan fingerprint density at radius 2 is 2.00 bits per heavy atom. The van der Waals surface area contributed by atoms with Gasteiger partial charge in [0, 0.05) is 18.3 Å². The zero-order valence-electron chi connectivity index (χ0n) is 17.6. The van der Waals surface area contributed by atoms with Crippen molar-refractivity contribution in [2.75, 3.05) is 40.9 Å². The Balaban J connectivity index is 1.91. The Kier molecular flexibility index (Phi) is 6.88. The van der Waals surface area contributed by atoms with E-state index in [1.165, 1.54) is 0 Å². The van der Waals surface area contributed by atoms with E-state index in [0.717, 1.165) is 35.5 Å². The van der Waals surface area contributed by atoms with E-state index in [0.29, 0.717) is 24.6 Å². The van der Waals surface area contributed by atoms with Gasteiger partial charge >= 0.3 is 0 Å². The molecule has 154 valence electrons. The maximum atomic E-state index is 13.1. The summed E-state index contributed by atoms with van der Waals surface area (Å²) >= 11 is 0. The standard InChI is InChI=1S/C23H29N3O3/c1-16-5-8-19-9-7-18(25-12-11-24-2)15-26(19)23(27)14-20(16)17-6-10-21(28-3)22(13-17)29-4/h6-10,13-14,16,24H,5,11-12,15H2,1-4H3. The Morgan fingerprint density at radius 3 is 2.72 bits per heavy atom. The van der Waals surface area contributed by atoms with E-state index in [9.17, 15) is 4.79 Å². The second-order valence-corrected chi connectivity index (χ2v) is 7.17. The first-order valence-corrected chi connectivity index (χ1v) is 9.89. The van der Waals surface area contributed by atoms with E-state index in [4.69, 9.17) is 9.47 Å². The van der Waals surface area contributed by atoms with Crippen LogP contribution in [-0.2, 0) is 4.79 Å². The molecule has 2 aliphatic rings. The molecule has 0 saturated heterocycles. The van der Waals surface area contributed by atoms with E-state index in [1.54, 1.807) is 25.2 Å². The third-order valence-corrected chi connectivity index (χ3v) is 5.23. The number of ether oxygens (including phenoxy) is 2. The van der Waals surface area contributed by atoms with E-state index >= 15 is 0 Å². The van der Waals surface area contributed by atoms with Gasteiger partial charge in [-0.05, 0) is 54.8 Å². The average molecular weight is 396 g/mol. The first-order chi connectivity index (χ1) is 14.1. The molecule has 0 bridgehead atoms. The smallest absolute Gasteiger partial charge is 0.251 e. The van der Waals surface area contributed by atoms with Crippen LogP contribution in [0.25, 0.3) is 5.57 Å². The summed E-state index contributed by atoms with van der Waals surface area (Å²) < 4.78 is 10.8. The van der Waals surface area contributed by atoms with Crippen LogP contribution in [0.4, 0.5) is 0 Å². The Bertz CT molecular complexity index is 883. The summed E-state index contributed by atoms with van der Waals surface area (Å²) in [6.07, 6.45) is 8.73. The van der Waals surface area contributed by atoms with E-state index in [-0.39, 0.29) is 11.8 Å². The number of carbonyl (C=O) groups excluding carboxylic acids is 1. The number of nitrogens with zero attached hydrogens (tertiary/aromatic N) is 2. The molecule has 1 atom stereocenters. The fourth-order valence-corrected chi connectivity index (χ4v) is 3.54. The van der Waals surface area contributed by atoms with E-state index in [2.05, 4.69) is 23.3 Å². The van der Waals surface area contributed by atoms with Crippen molar-refractivity contribution in [3.63, 3.8) is 0 Å². The highest BCUT2D eigenvalue weighted by atomic mass is 16.5. The number of likely N-dealkylation sites (N-methyl/N-ethyl adjacent to an activating group) is 1. The van der Waals surface area contributed by atoms with Crippen LogP contribution in [-0.4, -0.2) is 57.4 Å². The molecule has 6 heteroatoms. The predicted octanol–water partition coefficient (Wildman–Crippen LogP) is 3.07. The molecule has 1 aromatic carbocycles. The minimum atomic E-state index is -0.0294. The monoisotopic (exact) mass is 395 g/mol. The number of hydrogen-bond acceptors (Lipinski definition) is 5. The van der Waals surface area contributed by atoms with Gasteiger partial charge in [-0.3, -0.25) is 9.79 Å². The van der Waals surface area contributed by atoms with Gasteiger partial charge in [0.15, 0.2) is 11.5 Å². The largest absolute Gasteiger partial charge is 0.493 e. The van der Waals surface area contributed by atoms with Crippen LogP contribution in [0.5, 0.6) is 11.5 Å². The minimum absolute atomic E-state index is 0.0294. The summed E-state index contributed by atoms with van der Waals surface area (Å²) in [5.74, 6) is 1.50. The number of benzene rings is 1. The molecule has 0 aliphatic carbocycles. The van der Waals surface area contributed by atoms with Crippen molar-refractivity contribution in [1.29, 1.82) is 0 Å². The molecule has 1 unspecified atom stereocenters. The van der Waals surface area contributed by atoms with Gasteiger partial charge in [0.1, 0.15) is 0 Å². The second kappa shape index (κ2) is 9.56. The molecule has 6 nitrogen and oxygen atoms in total. The predicted molar refractivity (Wildman–Crippen MR) is 116 cm³/mol. The summed E-state index contributed by atoms with van der Waals surface area (Å²) in [4.78, 5) is 19.5. The number of amides is 1. The van der Waals surface area contributed by atoms with Crippen molar-refractivity contribution in [2.45, 2.75) is 13.3 Å². The Morgan fingerprint density at radius 1 is 1.21 bits per heavy atom. The number of methoxy groups -OCH3 is 2. The quantitative estimate of drug-likeness (QED) is 0.752. The molecule has 0 saturated carbocycles. The molecule has 1 amide bonds. The normalized spacial score (nSPS) is 20.6. The molecule has 0 aromatic heterocycles. The fourth-order valence-electron chi connectivity index (χ4n) is 3.54. The number of aliphatic imine (C=N–C) groups is 1. The molecule has 3 rings (SSSR count). The maximum Gasteiger partial charge on any atom is 0.251 e. The van der Waals surface area contributed by atoms with Gasteiger partial charge in [0.2, 0.25) is 0 Å². The highest BCUT2D eigenvalue weighted by molar-refractivity contribution is 6.04. The lowest BCUT2D eigenvalue weighted by Gasteiger charge is -2.29. The van der Waals surface area contributed by atoms with Crippen molar-refractivity contribution >= 4 is 17.2 Å². The van der Waals surface area contributed by atoms with Gasteiger partial charge in [-0.25, -0.2) is 0 Å². The average Bonchev–Trinajstić information content (AvgIpc) is 2.74. The topological polar surface area (TPSA) is 63.2 Å². The number of carbonyl (C=O) groups is 1. The van der Waals surface area contributed by atoms with Crippen LogP contribution < -0.4 is 14.8 Å². The lowest BCUT2D eigenvalue weighted by atomic mass is 9.89. The Labute approximate surface area is 172 Å². The number of rotatable bonds is 6. The van der Waals surface area contributed by atoms with Gasteiger partial charge in [-0.15, -0.1) is 0 Å². The summed E-state index contributed by atoms with van der Waals surface area (Å²) in [6, 6.07) is 5.79. The molecule has 1 aromatic rings. The van der Waals surface area contributed by atoms with Crippen molar-refractivity contribution in [2.24, 2.45) is 10.9 Å². The van der Waals surface area contributed by atoms with Crippen molar-refractivity contribution in [3.8, 4) is 11.5 Å². The third kappa shape index (κ3) is 4.77. The van der Waals surface area contributed by atoms with Crippen LogP contribution in [0.3, 0.4) is 0 Å². The first-order valence-electron chi connectivity index (χ1n) is 9.89. The van der Waals surface area contributed by atoms with Crippen molar-refractivity contribution < 1.29 is 14.3 Å². The molecule has 2 heterocycles. The number of fused-ring (bicyclic) bond motifs is 1. The van der Waals surface area contributed by atoms with Gasteiger partial charge in [-0.2, -0.15) is 0 Å². The van der Waals surface area contributed by atoms with Crippen LogP contribution in [0.1, 0.15) is 18.9 Å². The summed E-state index contributed by atoms with van der Waals surface area (Å²) in [5, 5.41) is 3.09. The zero-order chi connectivity index (χ0) is 20.8. The van der Waals surface area contributed by atoms with Gasteiger partial charge in [-0.1, -0.05) is 19.1 Å². The summed E-state index contributed by atoms with van der Waals surface area (Å²) in [7, 11) is 5.14. The minimum Gasteiger partial charge on any atom is -0.493 e. The Hall–Kier alpha value is -2.86. The van der Waals surface area contributed by atoms with E-state index in [1.807, 2.05) is 37.4 Å². The van der Waals surface area contributed by atoms with Crippen molar-refractivity contribution in [1.82, 2.24) is 10.2 Å². The molecule has 1 N–H and O–H groups in total. The maximum absolute atomic E-state index is 13.1. The van der Waals surface area contributed by atoms with Crippen LogP contribution in [0.15, 0.2) is 53.2 Å². The van der Waals surface area contributed by atoms with Crippen LogP contribution in [0, 0.1) is 5.92 Å². The van der Waals surface area contributed by atoms with E-state index < -0.39 is 0 Å². The van der Waals surface area contributed by atoms with Gasteiger partial charge < -0.3 is 19.7 Å². The lowest BCUT2D eigenvalue weighted by molar-refractivity contribution is -0.123. The molecule has 0 fully saturated rings. The van der Waals surface area contributed by atoms with Crippen molar-refractivity contribution in [3.05, 3.63) is 53.8 Å². The van der Waals surface area contributed by atoms with Crippen LogP contribution >= 0.6 is 0 Å². The number of nitrogens with one attached hydrogen (secondary N) is 1. The molecular formula is C23H29N3O3. The highest BCUT2D eigenvalue weighted by Gasteiger charge is 2.25. The highest BCUT2D eigenvalue weighted by Crippen LogP contribution is 2.35. The SMILES string of the molecule is CNCCN=C1C=CC2=CCC(C)C(c3ccc(OC)c(OC)c3)=CC(=O)N2C1. The van der Waals surface area contributed by atoms with Crippen LogP contribution in [0.2, 0.25) is 0 Å². The number of hydrogen-bond donors (Lipinski definition) is 1.